The average Bonchev–Trinajstić information content (AvgIpc) is 2.08. The molecule has 26 heteroatoms. The van der Waals surface area contributed by atoms with Crippen molar-refractivity contribution >= 4 is 0 Å². The molecule has 0 spiro atoms. The van der Waals surface area contributed by atoms with Crippen LogP contribution in [-0.2, 0) is 32.7 Å². The molecule has 0 aliphatic rings. The van der Waals surface area contributed by atoms with Gasteiger partial charge in [-0.05, 0) is 0 Å². The zero-order valence-electron chi connectivity index (χ0n) is 11.2. The fourth-order valence-electron chi connectivity index (χ4n) is 0. The molecule has 144 valence electrons. The first-order chi connectivity index (χ1) is 10.4. The summed E-state index contributed by atoms with van der Waals surface area (Å²) >= 11 is 0. The second-order valence-corrected chi connectivity index (χ2v) is 1.34. The fourth-order valence-corrected chi connectivity index (χ4v) is 0. The maximum absolute atomic E-state index is 8.25. The molecule has 0 atom stereocenters. The molecule has 0 heterocycles. The van der Waals surface area contributed by atoms with E-state index in [1.807, 2.05) is 0 Å². The summed E-state index contributed by atoms with van der Waals surface area (Å²) in [7, 11) is 0. The van der Waals surface area contributed by atoms with Crippen molar-refractivity contribution < 1.29 is 98.8 Å². The van der Waals surface area contributed by atoms with Crippen LogP contribution in [0.1, 0.15) is 0 Å². The maximum atomic E-state index is 8.25. The first kappa shape index (κ1) is 49.5. The van der Waals surface area contributed by atoms with Crippen LogP contribution in [0.4, 0.5) is 0 Å². The van der Waals surface area contributed by atoms with Gasteiger partial charge in [-0.25, -0.2) is 0 Å². The summed E-state index contributed by atoms with van der Waals surface area (Å²) in [6.45, 7) is 0. The Hall–Kier alpha value is -2.50. The van der Waals surface area contributed by atoms with E-state index in [-0.39, 0.29) is 68.3 Å². The maximum Gasteiger partial charge on any atom is 3.00 e. The normalized spacial score (nSPS) is 5.54. The van der Waals surface area contributed by atoms with Gasteiger partial charge in [-0.2, -0.15) is 0 Å². The molecule has 0 N–H and O–H groups in total. The number of hydrogen-bond acceptors (Lipinski definition) is 18. The Bertz CT molecular complexity index is 263. The van der Waals surface area contributed by atoms with E-state index < -0.39 is 30.5 Å². The smallest absolute Gasteiger partial charge is 0.356 e. The predicted molar refractivity (Wildman–Crippen MR) is 62.2 cm³/mol. The molecule has 0 amide bonds. The zero-order valence-corrected chi connectivity index (χ0v) is 17.7. The third-order valence-electron chi connectivity index (χ3n) is 0. The SMILES string of the molecule is O=[N+]([O-])[O-].O=[N+]([O-])[O-].O=[N+]([O-])[O-].O=[N+]([O-])[O-].O=[N+]([O-])[O-].O=[N+]([O-])[O-].[La+3].[Y+3]. The summed E-state index contributed by atoms with van der Waals surface area (Å²) in [6.07, 6.45) is 0. The molecule has 0 saturated heterocycles. The molecular weight excluding hydrogens is 600 g/mol. The standard InChI is InChI=1S/La.6NO3.Y/c;6*2-1(3)4;/q+3;6*-1;+3. The van der Waals surface area contributed by atoms with Crippen LogP contribution >= 0.6 is 0 Å². The topological polar surface area (TPSA) is 397 Å². The van der Waals surface area contributed by atoms with E-state index in [0.29, 0.717) is 0 Å². The average molecular weight is 600 g/mol. The van der Waals surface area contributed by atoms with Crippen molar-refractivity contribution in [2.24, 2.45) is 0 Å². The molecule has 0 bridgehead atoms. The minimum Gasteiger partial charge on any atom is -0.356 e. The number of nitrogens with zero attached hydrogens (tertiary/aromatic N) is 6. The molecule has 0 rings (SSSR count). The van der Waals surface area contributed by atoms with Crippen LogP contribution in [0, 0.1) is 128 Å². The van der Waals surface area contributed by atoms with Crippen molar-refractivity contribution in [1.29, 1.82) is 0 Å². The first-order valence-electron chi connectivity index (χ1n) is 3.29. The molecule has 0 unspecified atom stereocenters. The van der Waals surface area contributed by atoms with Crippen LogP contribution in [-0.4, -0.2) is 30.5 Å². The van der Waals surface area contributed by atoms with Gasteiger partial charge in [-0.3, -0.25) is 0 Å². The zero-order chi connectivity index (χ0) is 21.5. The Kier molecular flexibility index (Phi) is 82.4. The third kappa shape index (κ3) is 1440. The van der Waals surface area contributed by atoms with Gasteiger partial charge in [0.2, 0.25) is 0 Å². The Morgan fingerprint density at radius 2 is 0.308 bits per heavy atom. The predicted octanol–water partition coefficient (Wildman–Crippen LogP) is -1.44. The molecule has 0 aliphatic carbocycles. The van der Waals surface area contributed by atoms with E-state index in [2.05, 4.69) is 0 Å². The van der Waals surface area contributed by atoms with Gasteiger partial charge in [0.05, 0.1) is 30.5 Å². The van der Waals surface area contributed by atoms with Crippen molar-refractivity contribution in [3.8, 4) is 0 Å². The summed E-state index contributed by atoms with van der Waals surface area (Å²) in [5.41, 5.74) is 0. The Morgan fingerprint density at radius 3 is 0.308 bits per heavy atom. The van der Waals surface area contributed by atoms with Crippen molar-refractivity contribution in [3.63, 3.8) is 0 Å². The molecule has 0 aromatic rings. The Morgan fingerprint density at radius 1 is 0.308 bits per heavy atom. The number of rotatable bonds is 0. The first-order valence-corrected chi connectivity index (χ1v) is 3.29. The van der Waals surface area contributed by atoms with Crippen molar-refractivity contribution in [1.82, 2.24) is 0 Å². The molecule has 0 aliphatic heterocycles. The fraction of sp³-hybridized carbons (Fsp3) is 0. The Balaban J connectivity index is -0.0000000245. The van der Waals surface area contributed by atoms with Crippen molar-refractivity contribution in [2.45, 2.75) is 0 Å². The van der Waals surface area contributed by atoms with Gasteiger partial charge < -0.3 is 91.9 Å². The van der Waals surface area contributed by atoms with Crippen LogP contribution < -0.4 is 0 Å². The molecular formula is LaN6O18Y. The molecule has 24 nitrogen and oxygen atoms in total. The van der Waals surface area contributed by atoms with Crippen molar-refractivity contribution in [3.05, 3.63) is 91.9 Å². The van der Waals surface area contributed by atoms with Crippen LogP contribution in [0.15, 0.2) is 0 Å². The van der Waals surface area contributed by atoms with Gasteiger partial charge in [0.25, 0.3) is 0 Å². The Labute approximate surface area is 189 Å². The quantitative estimate of drug-likeness (QED) is 0.227. The van der Waals surface area contributed by atoms with Crippen LogP contribution in [0.2, 0.25) is 0 Å². The number of hydrogen-bond donors (Lipinski definition) is 0. The van der Waals surface area contributed by atoms with E-state index in [4.69, 9.17) is 91.9 Å². The summed E-state index contributed by atoms with van der Waals surface area (Å²) in [6, 6.07) is 0. The summed E-state index contributed by atoms with van der Waals surface area (Å²) in [5, 5.41) is 88.5. The van der Waals surface area contributed by atoms with Gasteiger partial charge in [0.15, 0.2) is 0 Å². The third-order valence-corrected chi connectivity index (χ3v) is 0. The van der Waals surface area contributed by atoms with Gasteiger partial charge in [-0.15, -0.1) is 0 Å². The molecule has 0 aromatic heterocycles. The van der Waals surface area contributed by atoms with Crippen LogP contribution in [0.3, 0.4) is 0 Å². The molecule has 26 heavy (non-hydrogen) atoms. The van der Waals surface area contributed by atoms with E-state index in [1.165, 1.54) is 0 Å². The monoisotopic (exact) mass is 600 g/mol. The minimum atomic E-state index is -1.75. The second kappa shape index (κ2) is 43.3. The van der Waals surface area contributed by atoms with E-state index >= 15 is 0 Å². The molecule has 0 aromatic carbocycles. The largest absolute Gasteiger partial charge is 3.00 e. The summed E-state index contributed by atoms with van der Waals surface area (Å²) in [4.78, 5) is 49.5. The summed E-state index contributed by atoms with van der Waals surface area (Å²) < 4.78 is 0. The van der Waals surface area contributed by atoms with Crippen LogP contribution in [0.25, 0.3) is 0 Å². The molecule has 0 fully saturated rings. The minimum absolute atomic E-state index is 0. The summed E-state index contributed by atoms with van der Waals surface area (Å²) in [5.74, 6) is 0. The molecule has 0 saturated carbocycles. The van der Waals surface area contributed by atoms with E-state index in [9.17, 15) is 0 Å². The van der Waals surface area contributed by atoms with E-state index in [0.717, 1.165) is 0 Å². The van der Waals surface area contributed by atoms with Gasteiger partial charge >= 0.3 is 68.3 Å². The van der Waals surface area contributed by atoms with Gasteiger partial charge in [0, 0.05) is 0 Å². The van der Waals surface area contributed by atoms with E-state index in [1.54, 1.807) is 0 Å². The van der Waals surface area contributed by atoms with Crippen LogP contribution in [0.5, 0.6) is 0 Å². The van der Waals surface area contributed by atoms with Crippen molar-refractivity contribution in [2.75, 3.05) is 0 Å². The van der Waals surface area contributed by atoms with Gasteiger partial charge in [-0.1, -0.05) is 0 Å². The molecule has 0 radical (unpaired) electrons. The van der Waals surface area contributed by atoms with Gasteiger partial charge in [0.1, 0.15) is 0 Å². The second-order valence-electron chi connectivity index (χ2n) is 1.34.